The van der Waals surface area contributed by atoms with Crippen LogP contribution in [0.2, 0.25) is 10.0 Å². The number of halogens is 2. The molecule has 1 saturated heterocycles. The molecule has 12 heteroatoms. The van der Waals surface area contributed by atoms with E-state index in [1.165, 1.54) is 32.4 Å². The molecule has 1 atom stereocenters. The number of carboxylic acids is 1. The quantitative estimate of drug-likeness (QED) is 0.0928. The van der Waals surface area contributed by atoms with E-state index < -0.39 is 18.1 Å². The zero-order valence-electron chi connectivity index (χ0n) is 29.5. The predicted molar refractivity (Wildman–Crippen MR) is 201 cm³/mol. The van der Waals surface area contributed by atoms with Gasteiger partial charge in [0.25, 0.3) is 0 Å². The number of piperidine rings is 1. The highest BCUT2D eigenvalue weighted by molar-refractivity contribution is 6.35. The molecular formula is C40H44Cl2N4O6. The van der Waals surface area contributed by atoms with Crippen LogP contribution in [-0.4, -0.2) is 64.5 Å². The molecule has 10 nitrogen and oxygen atoms in total. The molecule has 0 spiro atoms. The van der Waals surface area contributed by atoms with Crippen molar-refractivity contribution in [1.82, 2.24) is 15.2 Å². The molecule has 1 fully saturated rings. The van der Waals surface area contributed by atoms with E-state index in [4.69, 9.17) is 37.4 Å². The monoisotopic (exact) mass is 746 g/mol. The number of aliphatic hydroxyl groups excluding tert-OH is 1. The predicted octanol–water partition coefficient (Wildman–Crippen LogP) is 7.57. The third-order valence-corrected chi connectivity index (χ3v) is 9.98. The van der Waals surface area contributed by atoms with Crippen molar-refractivity contribution >= 4 is 29.2 Å². The van der Waals surface area contributed by atoms with Crippen LogP contribution < -0.4 is 19.5 Å². The number of aromatic nitrogens is 1. The third-order valence-electron chi connectivity index (χ3n) is 9.30. The van der Waals surface area contributed by atoms with Crippen molar-refractivity contribution in [1.29, 1.82) is 5.26 Å². The zero-order valence-corrected chi connectivity index (χ0v) is 31.0. The van der Waals surface area contributed by atoms with Crippen LogP contribution in [-0.2, 0) is 24.6 Å². The summed E-state index contributed by atoms with van der Waals surface area (Å²) < 4.78 is 18.6. The Bertz CT molecular complexity index is 1890. The van der Waals surface area contributed by atoms with Crippen LogP contribution in [0.25, 0.3) is 11.1 Å². The molecule has 274 valence electrons. The van der Waals surface area contributed by atoms with Crippen molar-refractivity contribution in [3.8, 4) is 34.4 Å². The lowest BCUT2D eigenvalue weighted by atomic mass is 9.96. The number of likely N-dealkylation sites (tertiary alicyclic amines) is 1. The number of aliphatic carboxylic acids is 1. The molecule has 0 amide bonds. The molecule has 52 heavy (non-hydrogen) atoms. The minimum atomic E-state index is -1.59. The molecule has 1 unspecified atom stereocenters. The average molecular weight is 748 g/mol. The van der Waals surface area contributed by atoms with Crippen molar-refractivity contribution in [2.75, 3.05) is 32.8 Å². The molecule has 0 saturated carbocycles. The lowest BCUT2D eigenvalue weighted by Gasteiger charge is -2.26. The Morgan fingerprint density at radius 2 is 1.71 bits per heavy atom. The minimum absolute atomic E-state index is 0.0261. The number of rotatable bonds is 17. The van der Waals surface area contributed by atoms with Gasteiger partial charge in [-0.25, -0.2) is 0 Å². The Morgan fingerprint density at radius 3 is 2.46 bits per heavy atom. The van der Waals surface area contributed by atoms with E-state index in [2.05, 4.69) is 21.3 Å². The number of aliphatic hydroxyl groups is 1. The number of nitriles is 1. The molecule has 1 aliphatic heterocycles. The summed E-state index contributed by atoms with van der Waals surface area (Å²) in [7, 11) is 0. The number of hydrogen-bond acceptors (Lipinski definition) is 9. The molecule has 0 radical (unpaired) electrons. The van der Waals surface area contributed by atoms with Crippen molar-refractivity contribution in [3.05, 3.63) is 105 Å². The Balaban J connectivity index is 1.32. The third kappa shape index (κ3) is 9.94. The molecule has 3 N–H and O–H groups in total. The fraction of sp³-hybridized carbons (Fsp3) is 0.375. The summed E-state index contributed by atoms with van der Waals surface area (Å²) in [5.41, 5.74) is 3.75. The van der Waals surface area contributed by atoms with Gasteiger partial charge < -0.3 is 29.3 Å². The first kappa shape index (κ1) is 38.9. The van der Waals surface area contributed by atoms with E-state index in [1.807, 2.05) is 43.3 Å². The maximum absolute atomic E-state index is 11.8. The summed E-state index contributed by atoms with van der Waals surface area (Å²) in [6.07, 6.45) is 7.85. The van der Waals surface area contributed by atoms with Crippen LogP contribution >= 0.6 is 23.2 Å². The fourth-order valence-corrected chi connectivity index (χ4v) is 6.53. The van der Waals surface area contributed by atoms with E-state index in [0.717, 1.165) is 48.3 Å². The number of hydrogen-bond donors (Lipinski definition) is 3. The standard InChI is InChI=1S/C40H44Cl2N4O6/c1-27-30(9-6-10-32(27)33-11-7-12-35(38(33)42)50-16-8-15-46-13-4-3-5-14-46)25-52-37-19-36(51-24-29-17-28(20-43)21-44-22-29)31(18-34(37)41)23-45-40(2,26-47)39(48)49/h6-7,9-12,17-19,21-22,45,47H,3-5,8,13-16,23-26H2,1-2H3,(H,48,49). The summed E-state index contributed by atoms with van der Waals surface area (Å²) in [5.74, 6) is 0.190. The summed E-state index contributed by atoms with van der Waals surface area (Å²) in [4.78, 5) is 18.4. The molecule has 3 aromatic carbocycles. The second-order valence-corrected chi connectivity index (χ2v) is 13.9. The Labute approximate surface area is 314 Å². The topological polar surface area (TPSA) is 137 Å². The highest BCUT2D eigenvalue weighted by Crippen LogP contribution is 2.39. The van der Waals surface area contributed by atoms with Crippen LogP contribution in [0, 0.1) is 18.3 Å². The van der Waals surface area contributed by atoms with Crippen LogP contribution in [0.1, 0.15) is 60.4 Å². The highest BCUT2D eigenvalue weighted by Gasteiger charge is 2.32. The van der Waals surface area contributed by atoms with Crippen LogP contribution in [0.4, 0.5) is 0 Å². The summed E-state index contributed by atoms with van der Waals surface area (Å²) in [6, 6.07) is 18.8. The van der Waals surface area contributed by atoms with E-state index in [-0.39, 0.29) is 19.8 Å². The number of ether oxygens (including phenoxy) is 3. The van der Waals surface area contributed by atoms with Crippen molar-refractivity contribution < 1.29 is 29.2 Å². The number of carbonyl (C=O) groups is 1. The number of carboxylic acid groups (broad SMARTS) is 1. The van der Waals surface area contributed by atoms with E-state index in [9.17, 15) is 20.3 Å². The average Bonchev–Trinajstić information content (AvgIpc) is 3.16. The van der Waals surface area contributed by atoms with Gasteiger partial charge >= 0.3 is 5.97 Å². The Morgan fingerprint density at radius 1 is 0.962 bits per heavy atom. The number of benzene rings is 3. The van der Waals surface area contributed by atoms with E-state index >= 15 is 0 Å². The minimum Gasteiger partial charge on any atom is -0.492 e. The van der Waals surface area contributed by atoms with Gasteiger partial charge in [-0.2, -0.15) is 5.26 Å². The maximum atomic E-state index is 11.8. The smallest absolute Gasteiger partial charge is 0.326 e. The first-order valence-corrected chi connectivity index (χ1v) is 18.1. The molecule has 2 heterocycles. The van der Waals surface area contributed by atoms with E-state index in [1.54, 1.807) is 24.4 Å². The lowest BCUT2D eigenvalue weighted by Crippen LogP contribution is -2.52. The number of pyridine rings is 1. The second-order valence-electron chi connectivity index (χ2n) is 13.1. The number of nitrogens with one attached hydrogen (secondary N) is 1. The summed E-state index contributed by atoms with van der Waals surface area (Å²) >= 11 is 13.6. The molecule has 1 aromatic heterocycles. The molecule has 0 aliphatic carbocycles. The van der Waals surface area contributed by atoms with E-state index in [0.29, 0.717) is 50.6 Å². The van der Waals surface area contributed by atoms with Gasteiger partial charge in [0.1, 0.15) is 42.1 Å². The van der Waals surface area contributed by atoms with Gasteiger partial charge in [-0.3, -0.25) is 15.1 Å². The Hall–Kier alpha value is -4.37. The van der Waals surface area contributed by atoms with Crippen LogP contribution in [0.3, 0.4) is 0 Å². The molecule has 1 aliphatic rings. The zero-order chi connectivity index (χ0) is 37.1. The lowest BCUT2D eigenvalue weighted by molar-refractivity contribution is -0.145. The largest absolute Gasteiger partial charge is 0.492 e. The van der Waals surface area contributed by atoms with Gasteiger partial charge in [0.2, 0.25) is 0 Å². The maximum Gasteiger partial charge on any atom is 0.326 e. The van der Waals surface area contributed by atoms with Crippen LogP contribution in [0.5, 0.6) is 17.2 Å². The van der Waals surface area contributed by atoms with Crippen molar-refractivity contribution in [3.63, 3.8) is 0 Å². The first-order chi connectivity index (χ1) is 25.1. The van der Waals surface area contributed by atoms with Gasteiger partial charge in [-0.05, 0) is 81.1 Å². The van der Waals surface area contributed by atoms with Crippen LogP contribution in [0.15, 0.2) is 67.0 Å². The highest BCUT2D eigenvalue weighted by atomic mass is 35.5. The van der Waals surface area contributed by atoms with Gasteiger partial charge in [0.15, 0.2) is 0 Å². The molecule has 4 aromatic rings. The van der Waals surface area contributed by atoms with Crippen molar-refractivity contribution in [2.24, 2.45) is 0 Å². The van der Waals surface area contributed by atoms with Gasteiger partial charge in [-0.1, -0.05) is 60.0 Å². The van der Waals surface area contributed by atoms with Gasteiger partial charge in [0.05, 0.1) is 28.8 Å². The van der Waals surface area contributed by atoms with Gasteiger partial charge in [0, 0.05) is 48.2 Å². The fourth-order valence-electron chi connectivity index (χ4n) is 6.01. The molecular weight excluding hydrogens is 703 g/mol. The first-order valence-electron chi connectivity index (χ1n) is 17.4. The number of nitrogens with zero attached hydrogens (tertiary/aromatic N) is 3. The normalized spacial score (nSPS) is 14.3. The summed E-state index contributed by atoms with van der Waals surface area (Å²) in [5, 5.41) is 32.4. The van der Waals surface area contributed by atoms with Gasteiger partial charge in [-0.15, -0.1) is 0 Å². The molecule has 5 rings (SSSR count). The second kappa shape index (κ2) is 18.4. The molecule has 0 bridgehead atoms. The van der Waals surface area contributed by atoms with Crippen molar-refractivity contribution in [2.45, 2.75) is 64.8 Å². The SMILES string of the molecule is Cc1c(COc2cc(OCc3cncc(C#N)c3)c(CNC(C)(CO)C(=O)O)cc2Cl)cccc1-c1cccc(OCCCN2CCCCC2)c1Cl. The summed E-state index contributed by atoms with van der Waals surface area (Å²) in [6.45, 7) is 7.02. The Kier molecular flexibility index (Phi) is 13.8.